The smallest absolute Gasteiger partial charge is 0.448 e. The average molecular weight is 178 g/mol. The maximum atomic E-state index is 10.3. The molecule has 0 aromatic rings. The third-order valence-electron chi connectivity index (χ3n) is 0.530. The Morgan fingerprint density at radius 1 is 1.33 bits per heavy atom. The van der Waals surface area contributed by atoms with Crippen molar-refractivity contribution in [1.29, 1.82) is 0 Å². The molecule has 0 aromatic heterocycles. The zero-order chi connectivity index (χ0) is 9.40. The summed E-state index contributed by atoms with van der Waals surface area (Å²) in [7, 11) is 0. The van der Waals surface area contributed by atoms with E-state index in [0.29, 0.717) is 0 Å². The van der Waals surface area contributed by atoms with Gasteiger partial charge in [0, 0.05) is 0 Å². The van der Waals surface area contributed by atoms with Crippen LogP contribution in [0.25, 0.3) is 0 Å². The molecule has 0 radical (unpaired) electrons. The van der Waals surface area contributed by atoms with Crippen molar-refractivity contribution in [2.24, 2.45) is 10.6 Å². The largest absolute Gasteiger partial charge is 0.536 e. The average Bonchev–Trinajstić information content (AvgIpc) is 1.98. The van der Waals surface area contributed by atoms with Crippen LogP contribution in [0.5, 0.6) is 0 Å². The van der Waals surface area contributed by atoms with Crippen LogP contribution in [0, 0.1) is 0 Å². The number of carbonyl (C=O) groups excluding carboxylic acids is 1. The highest BCUT2D eigenvalue weighted by Gasteiger charge is 2.00. The highest BCUT2D eigenvalue weighted by Crippen LogP contribution is 1.87. The normalized spacial score (nSPS) is 9.42. The lowest BCUT2D eigenvalue weighted by atomic mass is 10.9. The number of hydrogen-bond acceptors (Lipinski definition) is 7. The van der Waals surface area contributed by atoms with Gasteiger partial charge in [0.25, 0.3) is 0 Å². The Morgan fingerprint density at radius 2 is 1.92 bits per heavy atom. The lowest BCUT2D eigenvalue weighted by molar-refractivity contribution is 0.0276. The minimum atomic E-state index is -1.66. The van der Waals surface area contributed by atoms with Gasteiger partial charge in [0.05, 0.1) is 17.2 Å². The molecule has 0 aliphatic heterocycles. The minimum absolute atomic E-state index is 0.119. The van der Waals surface area contributed by atoms with Crippen LogP contribution >= 0.6 is 0 Å². The van der Waals surface area contributed by atoms with E-state index in [1.165, 1.54) is 0 Å². The van der Waals surface area contributed by atoms with Crippen LogP contribution in [0.15, 0.2) is 10.6 Å². The summed E-state index contributed by atoms with van der Waals surface area (Å²) >= 11 is 0. The fourth-order valence-electron chi connectivity index (χ4n) is 0.246. The first-order valence-corrected chi connectivity index (χ1v) is 2.81. The first-order chi connectivity index (χ1) is 5.66. The maximum absolute atomic E-state index is 10.3. The van der Waals surface area contributed by atoms with Crippen molar-refractivity contribution >= 4 is 12.3 Å². The molecule has 0 amide bonds. The quantitative estimate of drug-likeness (QED) is 0.394. The summed E-state index contributed by atoms with van der Waals surface area (Å²) in [5.41, 5.74) is 0. The summed E-state index contributed by atoms with van der Waals surface area (Å²) in [5, 5.41) is 12.9. The molecule has 68 valence electrons. The van der Waals surface area contributed by atoms with Gasteiger partial charge in [0.15, 0.2) is 0 Å². The van der Waals surface area contributed by atoms with E-state index in [1.54, 1.807) is 6.92 Å². The van der Waals surface area contributed by atoms with Crippen LogP contribution in [-0.2, 0) is 14.4 Å². The second kappa shape index (κ2) is 5.89. The summed E-state index contributed by atoms with van der Waals surface area (Å²) in [6.45, 7) is 1.68. The van der Waals surface area contributed by atoms with Crippen LogP contribution in [0.4, 0.5) is 9.59 Å². The molecule has 8 heteroatoms. The molecule has 0 aliphatic rings. The molecule has 8 nitrogen and oxygen atoms in total. The molecule has 0 atom stereocenters. The molecule has 0 bridgehead atoms. The Bertz CT molecular complexity index is 190. The predicted molar refractivity (Wildman–Crippen MR) is 32.1 cm³/mol. The van der Waals surface area contributed by atoms with E-state index in [4.69, 9.17) is 5.11 Å². The summed E-state index contributed by atoms with van der Waals surface area (Å²) in [5.74, 6) is 0. The standard InChI is InChI=1S/C4H6N2O6/c1-2-10-4(9)12-6-5-11-3(7)8/h2H2,1H3,(H,7,8). The first kappa shape index (κ1) is 10.1. The Labute approximate surface area is 66.6 Å². The molecule has 0 spiro atoms. The Morgan fingerprint density at radius 3 is 2.42 bits per heavy atom. The van der Waals surface area contributed by atoms with Crippen molar-refractivity contribution in [3.05, 3.63) is 0 Å². The van der Waals surface area contributed by atoms with Gasteiger partial charge in [0.1, 0.15) is 0 Å². The molecular weight excluding hydrogens is 172 g/mol. The third kappa shape index (κ3) is 6.26. The van der Waals surface area contributed by atoms with E-state index in [9.17, 15) is 9.59 Å². The molecule has 0 saturated carbocycles. The molecule has 0 unspecified atom stereocenters. The lowest BCUT2D eigenvalue weighted by Gasteiger charge is -1.93. The highest BCUT2D eigenvalue weighted by atomic mass is 16.8. The Hall–Kier alpha value is -1.86. The van der Waals surface area contributed by atoms with Crippen molar-refractivity contribution in [2.45, 2.75) is 6.92 Å². The van der Waals surface area contributed by atoms with Gasteiger partial charge >= 0.3 is 12.3 Å². The van der Waals surface area contributed by atoms with Gasteiger partial charge in [-0.2, -0.15) is 0 Å². The van der Waals surface area contributed by atoms with E-state index in [2.05, 4.69) is 25.0 Å². The van der Waals surface area contributed by atoms with Crippen molar-refractivity contribution in [3.8, 4) is 0 Å². The number of rotatable bonds is 3. The van der Waals surface area contributed by atoms with Gasteiger partial charge in [-0.1, -0.05) is 0 Å². The second-order valence-electron chi connectivity index (χ2n) is 1.29. The molecular formula is C4H6N2O6. The van der Waals surface area contributed by atoms with Crippen molar-refractivity contribution < 1.29 is 29.1 Å². The minimum Gasteiger partial charge on any atom is -0.448 e. The van der Waals surface area contributed by atoms with E-state index < -0.39 is 12.3 Å². The van der Waals surface area contributed by atoms with Gasteiger partial charge in [-0.3, -0.25) is 9.68 Å². The highest BCUT2D eigenvalue weighted by molar-refractivity contribution is 5.59. The summed E-state index contributed by atoms with van der Waals surface area (Å²) in [6.07, 6.45) is -2.75. The number of carbonyl (C=O) groups is 2. The van der Waals surface area contributed by atoms with Crippen LogP contribution in [-0.4, -0.2) is 24.0 Å². The van der Waals surface area contributed by atoms with Gasteiger partial charge in [-0.15, -0.1) is 0 Å². The predicted octanol–water partition coefficient (Wildman–Crippen LogP) is 1.14. The van der Waals surface area contributed by atoms with Crippen molar-refractivity contribution in [1.82, 2.24) is 0 Å². The van der Waals surface area contributed by atoms with Crippen molar-refractivity contribution in [2.75, 3.05) is 6.61 Å². The van der Waals surface area contributed by atoms with E-state index in [-0.39, 0.29) is 6.61 Å². The number of nitrogens with zero attached hydrogens (tertiary/aromatic N) is 2. The molecule has 0 aliphatic carbocycles. The fourth-order valence-corrected chi connectivity index (χ4v) is 0.246. The third-order valence-corrected chi connectivity index (χ3v) is 0.530. The Kier molecular flexibility index (Phi) is 4.98. The van der Waals surface area contributed by atoms with E-state index in [1.807, 2.05) is 0 Å². The van der Waals surface area contributed by atoms with E-state index >= 15 is 0 Å². The van der Waals surface area contributed by atoms with Crippen molar-refractivity contribution in [3.63, 3.8) is 0 Å². The summed E-state index contributed by atoms with van der Waals surface area (Å²) < 4.78 is 4.23. The van der Waals surface area contributed by atoms with Crippen LogP contribution < -0.4 is 0 Å². The van der Waals surface area contributed by atoms with Gasteiger partial charge in [0.2, 0.25) is 0 Å². The van der Waals surface area contributed by atoms with Crippen LogP contribution in [0.2, 0.25) is 0 Å². The molecule has 0 heterocycles. The van der Waals surface area contributed by atoms with Crippen LogP contribution in [0.3, 0.4) is 0 Å². The number of hydrogen-bond donors (Lipinski definition) is 1. The van der Waals surface area contributed by atoms with Gasteiger partial charge in [-0.05, 0) is 6.92 Å². The molecule has 0 aromatic carbocycles. The topological polar surface area (TPSA) is 107 Å². The molecule has 0 rings (SSSR count). The summed E-state index contributed by atoms with van der Waals surface area (Å²) in [6, 6.07) is 0. The molecule has 0 fully saturated rings. The number of ether oxygens (including phenoxy) is 1. The zero-order valence-electron chi connectivity index (χ0n) is 6.09. The SMILES string of the molecule is CCOC(=O)ON=NOC(=O)O. The molecule has 1 N–H and O–H groups in total. The fraction of sp³-hybridized carbons (Fsp3) is 0.500. The Balaban J connectivity index is 3.46. The summed E-state index contributed by atoms with van der Waals surface area (Å²) in [4.78, 5) is 27.3. The first-order valence-electron chi connectivity index (χ1n) is 2.81. The van der Waals surface area contributed by atoms with Gasteiger partial charge in [-0.25, -0.2) is 9.59 Å². The van der Waals surface area contributed by atoms with Gasteiger partial charge < -0.3 is 9.84 Å². The number of carboxylic acid groups (broad SMARTS) is 1. The monoisotopic (exact) mass is 178 g/mol. The maximum Gasteiger partial charge on any atom is 0.536 e. The van der Waals surface area contributed by atoms with E-state index in [0.717, 1.165) is 0 Å². The molecule has 12 heavy (non-hydrogen) atoms. The lowest BCUT2D eigenvalue weighted by Crippen LogP contribution is -2.02. The second-order valence-corrected chi connectivity index (χ2v) is 1.29. The molecule has 0 saturated heterocycles. The zero-order valence-corrected chi connectivity index (χ0v) is 6.09. The van der Waals surface area contributed by atoms with Crippen LogP contribution in [0.1, 0.15) is 6.92 Å².